The Hall–Kier alpha value is -3.97. The predicted octanol–water partition coefficient (Wildman–Crippen LogP) is 6.08. The van der Waals surface area contributed by atoms with Gasteiger partial charge in [-0.2, -0.15) is 0 Å². The highest BCUT2D eigenvalue weighted by Gasteiger charge is 2.51. The zero-order valence-electron chi connectivity index (χ0n) is 21.4. The number of halogens is 1. The number of hydrogen-bond donors (Lipinski definition) is 2. The molecule has 2 amide bonds. The van der Waals surface area contributed by atoms with Crippen LogP contribution in [0.25, 0.3) is 33.4 Å². The van der Waals surface area contributed by atoms with Gasteiger partial charge >= 0.3 is 0 Å². The lowest BCUT2D eigenvalue weighted by Crippen LogP contribution is -2.51. The maximum Gasteiger partial charge on any atom is 0.255 e. The molecule has 7 heteroatoms. The number of ether oxygens (including phenoxy) is 1. The van der Waals surface area contributed by atoms with Crippen molar-refractivity contribution in [3.05, 3.63) is 83.2 Å². The molecule has 1 aromatic heterocycles. The number of hydrogen-bond acceptors (Lipinski definition) is 4. The highest BCUT2D eigenvalue weighted by molar-refractivity contribution is 6.12. The van der Waals surface area contributed by atoms with Crippen LogP contribution < -0.4 is 10.6 Å². The lowest BCUT2D eigenvalue weighted by molar-refractivity contribution is 0.0840. The number of benzene rings is 3. The molecule has 2 N–H and O–H groups in total. The van der Waals surface area contributed by atoms with Gasteiger partial charge in [0.2, 0.25) is 0 Å². The van der Waals surface area contributed by atoms with E-state index in [0.29, 0.717) is 40.0 Å². The summed E-state index contributed by atoms with van der Waals surface area (Å²) in [5.74, 6) is 0.382. The minimum absolute atomic E-state index is 0.0339. The van der Waals surface area contributed by atoms with Crippen LogP contribution in [0.1, 0.15) is 52.0 Å². The summed E-state index contributed by atoms with van der Waals surface area (Å²) in [7, 11) is 3.18. The second-order valence-electron chi connectivity index (χ2n) is 10.5. The quantitative estimate of drug-likeness (QED) is 0.314. The van der Waals surface area contributed by atoms with Gasteiger partial charge < -0.3 is 19.8 Å². The fraction of sp³-hybridized carbons (Fsp3) is 0.290. The standard InChI is InChI=1S/C31H29FN2O4/c1-33-30(36)27-25-14-24(20-4-3-5-21(12-20)29(35)34-31-11-10-18(15-31)16-31)22(17-37-2)13-26(25)38-28(27)19-6-8-23(32)9-7-19/h3-9,12-14,18H,10-11,15-17H2,1-2H3,(H,33,36)(H,34,35). The first kappa shape index (κ1) is 24.4. The van der Waals surface area contributed by atoms with Crippen LogP contribution in [0.3, 0.4) is 0 Å². The average molecular weight is 513 g/mol. The second kappa shape index (κ2) is 9.40. The molecule has 3 aliphatic rings. The van der Waals surface area contributed by atoms with E-state index in [-0.39, 0.29) is 23.2 Å². The highest BCUT2D eigenvalue weighted by Crippen LogP contribution is 2.52. The maximum atomic E-state index is 13.6. The van der Waals surface area contributed by atoms with Gasteiger partial charge in [-0.05, 0) is 96.8 Å². The van der Waals surface area contributed by atoms with Crippen LogP contribution in [0.15, 0.2) is 65.1 Å². The molecule has 0 unspecified atom stereocenters. The molecule has 194 valence electrons. The summed E-state index contributed by atoms with van der Waals surface area (Å²) >= 11 is 0. The smallest absolute Gasteiger partial charge is 0.255 e. The molecule has 1 heterocycles. The number of amides is 2. The zero-order chi connectivity index (χ0) is 26.4. The van der Waals surface area contributed by atoms with Crippen molar-refractivity contribution < 1.29 is 23.1 Å². The minimum Gasteiger partial charge on any atom is -0.455 e. The van der Waals surface area contributed by atoms with E-state index in [9.17, 15) is 14.0 Å². The molecule has 0 saturated heterocycles. The molecule has 0 aliphatic heterocycles. The van der Waals surface area contributed by atoms with Crippen LogP contribution in [0.5, 0.6) is 0 Å². The van der Waals surface area contributed by atoms with E-state index >= 15 is 0 Å². The number of methoxy groups -OCH3 is 1. The molecule has 0 spiro atoms. The van der Waals surface area contributed by atoms with Gasteiger partial charge in [0.15, 0.2) is 0 Å². The van der Waals surface area contributed by atoms with Gasteiger partial charge in [0, 0.05) is 36.2 Å². The van der Waals surface area contributed by atoms with E-state index in [2.05, 4.69) is 10.6 Å². The molecular weight excluding hydrogens is 483 g/mol. The predicted molar refractivity (Wildman–Crippen MR) is 143 cm³/mol. The Balaban J connectivity index is 1.45. The summed E-state index contributed by atoms with van der Waals surface area (Å²) in [6, 6.07) is 17.2. The third-order valence-electron chi connectivity index (χ3n) is 7.98. The van der Waals surface area contributed by atoms with E-state index in [0.717, 1.165) is 41.9 Å². The SMILES string of the molecule is CNC(=O)c1c(-c2ccc(F)cc2)oc2cc(COC)c(-c3cccc(C(=O)NC45CCC(C4)C5)c3)cc12. The number of fused-ring (bicyclic) bond motifs is 2. The molecule has 3 aliphatic carbocycles. The van der Waals surface area contributed by atoms with Gasteiger partial charge in [-0.15, -0.1) is 0 Å². The molecule has 6 nitrogen and oxygen atoms in total. The average Bonchev–Trinajstić information content (AvgIpc) is 3.61. The number of carbonyl (C=O) groups is 2. The Bertz CT molecular complexity index is 1540. The lowest BCUT2D eigenvalue weighted by atomic mass is 9.77. The third kappa shape index (κ3) is 4.17. The van der Waals surface area contributed by atoms with Crippen LogP contribution in [-0.4, -0.2) is 31.5 Å². The largest absolute Gasteiger partial charge is 0.455 e. The fourth-order valence-electron chi connectivity index (χ4n) is 6.12. The molecule has 4 aromatic rings. The van der Waals surface area contributed by atoms with E-state index in [1.807, 2.05) is 36.4 Å². The molecule has 38 heavy (non-hydrogen) atoms. The first-order chi connectivity index (χ1) is 18.4. The minimum atomic E-state index is -0.371. The van der Waals surface area contributed by atoms with Crippen molar-refractivity contribution in [1.29, 1.82) is 0 Å². The van der Waals surface area contributed by atoms with Crippen molar-refractivity contribution in [2.24, 2.45) is 5.92 Å². The summed E-state index contributed by atoms with van der Waals surface area (Å²) in [5.41, 5.74) is 4.59. The Kier molecular flexibility index (Phi) is 6.03. The summed E-state index contributed by atoms with van der Waals surface area (Å²) in [4.78, 5) is 26.2. The van der Waals surface area contributed by atoms with Crippen LogP contribution in [0, 0.1) is 11.7 Å². The Morgan fingerprint density at radius 2 is 1.84 bits per heavy atom. The van der Waals surface area contributed by atoms with Crippen molar-refractivity contribution in [3.63, 3.8) is 0 Å². The zero-order valence-corrected chi connectivity index (χ0v) is 21.4. The Labute approximate surface area is 220 Å². The topological polar surface area (TPSA) is 80.6 Å². The highest BCUT2D eigenvalue weighted by atomic mass is 19.1. The molecule has 7 rings (SSSR count). The molecular formula is C31H29FN2O4. The van der Waals surface area contributed by atoms with Crippen molar-refractivity contribution in [2.75, 3.05) is 14.2 Å². The normalized spacial score (nSPS) is 19.8. The summed E-state index contributed by atoms with van der Waals surface area (Å²) in [6.45, 7) is 0.314. The molecule has 3 fully saturated rings. The maximum absolute atomic E-state index is 13.6. The number of rotatable bonds is 7. The van der Waals surface area contributed by atoms with Crippen LogP contribution in [0.2, 0.25) is 0 Å². The van der Waals surface area contributed by atoms with Gasteiger partial charge in [-0.25, -0.2) is 4.39 Å². The van der Waals surface area contributed by atoms with E-state index < -0.39 is 0 Å². The third-order valence-corrected chi connectivity index (χ3v) is 7.98. The van der Waals surface area contributed by atoms with Crippen molar-refractivity contribution in [2.45, 2.75) is 37.8 Å². The van der Waals surface area contributed by atoms with Crippen LogP contribution >= 0.6 is 0 Å². The lowest BCUT2D eigenvalue weighted by Gasteiger charge is -2.39. The van der Waals surface area contributed by atoms with Crippen molar-refractivity contribution in [3.8, 4) is 22.5 Å². The van der Waals surface area contributed by atoms with E-state index in [4.69, 9.17) is 9.15 Å². The Morgan fingerprint density at radius 3 is 2.53 bits per heavy atom. The summed E-state index contributed by atoms with van der Waals surface area (Å²) in [6.07, 6.45) is 4.40. The van der Waals surface area contributed by atoms with Crippen LogP contribution in [-0.2, 0) is 11.3 Å². The van der Waals surface area contributed by atoms with E-state index in [1.165, 1.54) is 18.6 Å². The molecule has 3 aromatic carbocycles. The van der Waals surface area contributed by atoms with Gasteiger partial charge in [0.05, 0.1) is 12.2 Å². The summed E-state index contributed by atoms with van der Waals surface area (Å²) < 4.78 is 25.2. The number of nitrogens with one attached hydrogen (secondary N) is 2. The van der Waals surface area contributed by atoms with Crippen molar-refractivity contribution >= 4 is 22.8 Å². The molecule has 3 saturated carbocycles. The first-order valence-electron chi connectivity index (χ1n) is 12.9. The number of carbonyl (C=O) groups excluding carboxylic acids is 2. The van der Waals surface area contributed by atoms with Gasteiger partial charge in [-0.3, -0.25) is 9.59 Å². The van der Waals surface area contributed by atoms with Crippen LogP contribution in [0.4, 0.5) is 4.39 Å². The summed E-state index contributed by atoms with van der Waals surface area (Å²) in [5, 5.41) is 6.60. The fourth-order valence-corrected chi connectivity index (χ4v) is 6.12. The molecule has 0 radical (unpaired) electrons. The monoisotopic (exact) mass is 512 g/mol. The Morgan fingerprint density at radius 1 is 1.05 bits per heavy atom. The van der Waals surface area contributed by atoms with E-state index in [1.54, 1.807) is 26.3 Å². The number of furan rings is 1. The second-order valence-corrected chi connectivity index (χ2v) is 10.5. The van der Waals surface area contributed by atoms with Gasteiger partial charge in [0.1, 0.15) is 17.2 Å². The molecule has 2 bridgehead atoms. The molecule has 0 atom stereocenters. The van der Waals surface area contributed by atoms with Crippen molar-refractivity contribution in [1.82, 2.24) is 10.6 Å². The first-order valence-corrected chi connectivity index (χ1v) is 12.9. The van der Waals surface area contributed by atoms with Gasteiger partial charge in [0.25, 0.3) is 11.8 Å². The van der Waals surface area contributed by atoms with Gasteiger partial charge in [-0.1, -0.05) is 12.1 Å².